The Morgan fingerprint density at radius 2 is 0.595 bits per heavy atom. The number of rotatable bonds is 10. The van der Waals surface area contributed by atoms with Crippen molar-refractivity contribution in [1.29, 1.82) is 0 Å². The van der Waals surface area contributed by atoms with Crippen LogP contribution in [0.25, 0.3) is 145 Å². The summed E-state index contributed by atoms with van der Waals surface area (Å²) in [7, 11) is 0. The van der Waals surface area contributed by atoms with Gasteiger partial charge in [0, 0.05) is 43.9 Å². The molecule has 8 heteroatoms. The topological polar surface area (TPSA) is 48.5 Å². The third-order valence-corrected chi connectivity index (χ3v) is 16.0. The number of hydrogen-bond acceptors (Lipinski definition) is 3. The van der Waals surface area contributed by atoms with E-state index in [1.54, 1.807) is 22.8 Å². The summed E-state index contributed by atoms with van der Waals surface area (Å²) in [5.41, 5.74) is 13.2. The summed E-state index contributed by atoms with van der Waals surface area (Å²) in [5.74, 6) is 1.00. The molecule has 3 heterocycles. The molecule has 0 N–H and O–H groups in total. The Balaban J connectivity index is 1.02. The Labute approximate surface area is 482 Å². The lowest BCUT2D eigenvalue weighted by atomic mass is 9.92. The van der Waals surface area contributed by atoms with Gasteiger partial charge in [-0.05, 0) is 128 Å². The maximum atomic E-state index is 17.1. The molecule has 0 fully saturated rings. The first kappa shape index (κ1) is 50.0. The summed E-state index contributed by atoms with van der Waals surface area (Å²) in [6, 6.07) is 95.6. The van der Waals surface area contributed by atoms with Gasteiger partial charge in [0.1, 0.15) is 0 Å². The lowest BCUT2D eigenvalue weighted by Crippen LogP contribution is -2.13. The van der Waals surface area contributed by atoms with Crippen LogP contribution in [0.5, 0.6) is 0 Å². The van der Waals surface area contributed by atoms with Gasteiger partial charge < -0.3 is 9.13 Å². The number of fused-ring (bicyclic) bond motifs is 6. The van der Waals surface area contributed by atoms with Gasteiger partial charge in [-0.25, -0.2) is 15.0 Å². The highest BCUT2D eigenvalue weighted by Crippen LogP contribution is 2.48. The van der Waals surface area contributed by atoms with Crippen molar-refractivity contribution >= 4 is 43.6 Å². The van der Waals surface area contributed by atoms with Gasteiger partial charge >= 0.3 is 6.18 Å². The van der Waals surface area contributed by atoms with Gasteiger partial charge in [0.05, 0.1) is 33.3 Å². The monoisotopic (exact) mass is 1090 g/mol. The van der Waals surface area contributed by atoms with Crippen molar-refractivity contribution in [1.82, 2.24) is 24.1 Å². The molecule has 398 valence electrons. The van der Waals surface area contributed by atoms with Crippen molar-refractivity contribution in [2.75, 3.05) is 0 Å². The summed E-state index contributed by atoms with van der Waals surface area (Å²) in [4.78, 5) is 15.3. The van der Waals surface area contributed by atoms with E-state index in [0.29, 0.717) is 39.5 Å². The highest BCUT2D eigenvalue weighted by molar-refractivity contribution is 6.13. The zero-order chi connectivity index (χ0) is 56.3. The Morgan fingerprint density at radius 3 is 0.964 bits per heavy atom. The van der Waals surface area contributed by atoms with Crippen molar-refractivity contribution in [3.05, 3.63) is 297 Å². The van der Waals surface area contributed by atoms with Gasteiger partial charge in [0.2, 0.25) is 0 Å². The van der Waals surface area contributed by atoms with Crippen LogP contribution in [0.3, 0.4) is 0 Å². The average molecular weight is 1090 g/mol. The zero-order valence-corrected chi connectivity index (χ0v) is 45.1. The normalized spacial score (nSPS) is 11.8. The van der Waals surface area contributed by atoms with Gasteiger partial charge in [-0.3, -0.25) is 0 Å². The molecule has 84 heavy (non-hydrogen) atoms. The molecule has 0 aliphatic carbocycles. The minimum absolute atomic E-state index is 0.0133. The van der Waals surface area contributed by atoms with Gasteiger partial charge in [0.15, 0.2) is 17.5 Å². The van der Waals surface area contributed by atoms with Crippen molar-refractivity contribution in [2.45, 2.75) is 6.18 Å². The summed E-state index contributed by atoms with van der Waals surface area (Å²) < 4.78 is 55.4. The van der Waals surface area contributed by atoms with E-state index in [1.165, 1.54) is 0 Å². The van der Waals surface area contributed by atoms with Crippen molar-refractivity contribution < 1.29 is 13.2 Å². The van der Waals surface area contributed by atoms with Crippen LogP contribution >= 0.6 is 0 Å². The Morgan fingerprint density at radius 1 is 0.250 bits per heavy atom. The largest absolute Gasteiger partial charge is 0.419 e. The van der Waals surface area contributed by atoms with E-state index < -0.39 is 11.7 Å². The number of hydrogen-bond donors (Lipinski definition) is 0. The highest BCUT2D eigenvalue weighted by Gasteiger charge is 2.39. The van der Waals surface area contributed by atoms with E-state index in [1.807, 2.05) is 200 Å². The van der Waals surface area contributed by atoms with E-state index in [0.717, 1.165) is 88.2 Å². The second-order valence-corrected chi connectivity index (χ2v) is 21.0. The third-order valence-electron chi connectivity index (χ3n) is 16.0. The van der Waals surface area contributed by atoms with Crippen LogP contribution < -0.4 is 0 Å². The van der Waals surface area contributed by atoms with Crippen LogP contribution in [0, 0.1) is 0 Å². The predicted molar refractivity (Wildman–Crippen MR) is 337 cm³/mol. The molecule has 3 aromatic heterocycles. The van der Waals surface area contributed by atoms with Gasteiger partial charge in [0.25, 0.3) is 0 Å². The number of aromatic nitrogens is 5. The quantitative estimate of drug-likeness (QED) is 0.137. The van der Waals surface area contributed by atoms with Crippen LogP contribution in [0.4, 0.5) is 13.2 Å². The third kappa shape index (κ3) is 8.89. The number of alkyl halides is 3. The van der Waals surface area contributed by atoms with E-state index in [-0.39, 0.29) is 17.1 Å². The van der Waals surface area contributed by atoms with E-state index >= 15 is 13.2 Å². The van der Waals surface area contributed by atoms with E-state index in [4.69, 9.17) is 15.0 Å². The van der Waals surface area contributed by atoms with Gasteiger partial charge in [-0.15, -0.1) is 0 Å². The molecular weight excluding hydrogens is 1040 g/mol. The maximum absolute atomic E-state index is 17.1. The lowest BCUT2D eigenvalue weighted by Gasteiger charge is -2.22. The SMILES string of the molecule is FC(F)(F)c1c(-c2cc(-n3c4ccc(-c5ccccc5)cc4c4cc(-c5ccccc5)ccc43)ccc2-c2nc(-c3ccccc3)nc(-c3ccccc3)n2)cccc1-n1c2ccc(-c3ccccc3)cc2c2cc(-c3ccccc3)ccc21. The van der Waals surface area contributed by atoms with Crippen LogP contribution in [-0.2, 0) is 6.18 Å². The Hall–Kier alpha value is -11.0. The van der Waals surface area contributed by atoms with Crippen LogP contribution in [-0.4, -0.2) is 24.1 Å². The lowest BCUT2D eigenvalue weighted by molar-refractivity contribution is -0.136. The Kier molecular flexibility index (Phi) is 12.2. The molecule has 0 aliphatic rings. The standard InChI is InChI=1S/C76H48F3N5/c77-76(78,79)72-60(32-19-33-71(72)84-69-42-36-57(51-24-11-3-12-25-51)46-65(69)66-47-58(37-43-70(66)84)52-26-13-4-14-27-52)62-48-59(38-39-61(62)75-81-73(53-28-15-5-16-29-53)80-74(82-75)54-30-17-6-18-31-54)83-67-40-34-55(49-20-7-1-8-21-49)44-63(67)64-45-56(35-41-68(64)83)50-22-9-2-10-23-50/h1-48H. The minimum atomic E-state index is -4.88. The van der Waals surface area contributed by atoms with Crippen LogP contribution in [0.2, 0.25) is 0 Å². The molecule has 0 bridgehead atoms. The van der Waals surface area contributed by atoms with Crippen LogP contribution in [0.1, 0.15) is 5.56 Å². The fourth-order valence-corrected chi connectivity index (χ4v) is 12.1. The maximum Gasteiger partial charge on any atom is 0.419 e. The number of nitrogens with zero attached hydrogens (tertiary/aromatic N) is 5. The predicted octanol–water partition coefficient (Wildman–Crippen LogP) is 20.4. The number of halogens is 3. The van der Waals surface area contributed by atoms with Crippen molar-refractivity contribution in [3.8, 4) is 101 Å². The molecule has 12 aromatic carbocycles. The molecule has 0 saturated carbocycles. The van der Waals surface area contributed by atoms with Gasteiger partial charge in [-0.2, -0.15) is 13.2 Å². The molecule has 0 saturated heterocycles. The molecule has 0 aliphatic heterocycles. The highest BCUT2D eigenvalue weighted by atomic mass is 19.4. The van der Waals surface area contributed by atoms with E-state index in [2.05, 4.69) is 77.4 Å². The van der Waals surface area contributed by atoms with Crippen molar-refractivity contribution in [2.24, 2.45) is 0 Å². The fraction of sp³-hybridized carbons (Fsp3) is 0.0132. The van der Waals surface area contributed by atoms with E-state index in [9.17, 15) is 0 Å². The van der Waals surface area contributed by atoms with Crippen LogP contribution in [0.15, 0.2) is 291 Å². The second-order valence-electron chi connectivity index (χ2n) is 21.0. The first-order valence-corrected chi connectivity index (χ1v) is 27.9. The molecular formula is C76H48F3N5. The smallest absolute Gasteiger partial charge is 0.309 e. The first-order valence-electron chi connectivity index (χ1n) is 27.9. The molecule has 15 rings (SSSR count). The second kappa shape index (κ2) is 20.5. The molecule has 0 spiro atoms. The molecule has 15 aromatic rings. The fourth-order valence-electron chi connectivity index (χ4n) is 12.1. The minimum Gasteiger partial charge on any atom is -0.309 e. The summed E-state index contributed by atoms with van der Waals surface area (Å²) >= 11 is 0. The van der Waals surface area contributed by atoms with Crippen molar-refractivity contribution in [3.63, 3.8) is 0 Å². The summed E-state index contributed by atoms with van der Waals surface area (Å²) in [6.07, 6.45) is -4.88. The molecule has 0 unspecified atom stereocenters. The molecule has 0 amide bonds. The molecule has 0 radical (unpaired) electrons. The first-order chi connectivity index (χ1) is 41.3. The number of benzene rings is 12. The molecule has 0 atom stereocenters. The Bertz CT molecular complexity index is 4710. The summed E-state index contributed by atoms with van der Waals surface area (Å²) in [5, 5.41) is 3.66. The average Bonchev–Trinajstić information content (AvgIpc) is 1.73. The molecule has 5 nitrogen and oxygen atoms in total. The summed E-state index contributed by atoms with van der Waals surface area (Å²) in [6.45, 7) is 0. The zero-order valence-electron chi connectivity index (χ0n) is 45.1. The van der Waals surface area contributed by atoms with Gasteiger partial charge in [-0.1, -0.05) is 218 Å².